The molecular weight excluding hydrogens is 296 g/mol. The van der Waals surface area contributed by atoms with Crippen LogP contribution in [0, 0.1) is 0 Å². The van der Waals surface area contributed by atoms with Gasteiger partial charge in [-0.2, -0.15) is 0 Å². The number of ether oxygens (including phenoxy) is 1. The fourth-order valence-electron chi connectivity index (χ4n) is 2.59. The van der Waals surface area contributed by atoms with Gasteiger partial charge in [0.05, 0.1) is 0 Å². The smallest absolute Gasteiger partial charge is 0.325 e. The lowest BCUT2D eigenvalue weighted by molar-refractivity contribution is -0.142. The minimum absolute atomic E-state index is 0.300. The summed E-state index contributed by atoms with van der Waals surface area (Å²) in [6.45, 7) is 1.70. The van der Waals surface area contributed by atoms with E-state index >= 15 is 0 Å². The molecule has 0 saturated carbocycles. The van der Waals surface area contributed by atoms with Gasteiger partial charge in [-0.15, -0.1) is 0 Å². The summed E-state index contributed by atoms with van der Waals surface area (Å²) in [5.41, 5.74) is 5.82. The molecule has 1 aliphatic rings. The average molecular weight is 314 g/mol. The first kappa shape index (κ1) is 15.4. The molecule has 0 amide bonds. The Balaban J connectivity index is 1.59. The first-order chi connectivity index (χ1) is 11.0. The van der Waals surface area contributed by atoms with Gasteiger partial charge >= 0.3 is 12.0 Å². The van der Waals surface area contributed by atoms with Gasteiger partial charge in [0.25, 0.3) is 0 Å². The molecule has 1 aromatic carbocycles. The maximum Gasteiger partial charge on any atom is 0.325 e. The molecule has 3 N–H and O–H groups in total. The molecular formula is C16H18N4O3. The minimum atomic E-state index is -1.13. The van der Waals surface area contributed by atoms with Gasteiger partial charge < -0.3 is 15.6 Å². The number of nitrogens with zero attached hydrogens (tertiary/aromatic N) is 3. The van der Waals surface area contributed by atoms with Crippen molar-refractivity contribution in [2.24, 2.45) is 5.73 Å². The van der Waals surface area contributed by atoms with E-state index in [9.17, 15) is 4.79 Å². The van der Waals surface area contributed by atoms with E-state index in [2.05, 4.69) is 9.97 Å². The summed E-state index contributed by atoms with van der Waals surface area (Å²) >= 11 is 0. The topological polar surface area (TPSA) is 102 Å². The Bertz CT molecular complexity index is 677. The first-order valence-electron chi connectivity index (χ1n) is 7.34. The summed E-state index contributed by atoms with van der Waals surface area (Å²) in [7, 11) is 0. The number of carboxylic acid groups (broad SMARTS) is 1. The zero-order valence-corrected chi connectivity index (χ0v) is 12.6. The molecule has 2 heterocycles. The molecule has 0 spiro atoms. The second-order valence-electron chi connectivity index (χ2n) is 5.70. The predicted octanol–water partition coefficient (Wildman–Crippen LogP) is 1.26. The molecule has 0 bridgehead atoms. The molecule has 7 nitrogen and oxygen atoms in total. The maximum absolute atomic E-state index is 11.2. The molecule has 0 unspecified atom stereocenters. The van der Waals surface area contributed by atoms with E-state index in [0.717, 1.165) is 5.56 Å². The summed E-state index contributed by atoms with van der Waals surface area (Å²) in [6, 6.07) is 9.59. The van der Waals surface area contributed by atoms with Gasteiger partial charge in [-0.3, -0.25) is 9.69 Å². The maximum atomic E-state index is 11.2. The van der Waals surface area contributed by atoms with Gasteiger partial charge in [0.15, 0.2) is 0 Å². The number of aliphatic carboxylic acids is 1. The van der Waals surface area contributed by atoms with Crippen molar-refractivity contribution in [1.82, 2.24) is 14.9 Å². The van der Waals surface area contributed by atoms with Crippen LogP contribution in [0.25, 0.3) is 0 Å². The molecule has 2 aromatic rings. The molecule has 23 heavy (non-hydrogen) atoms. The predicted molar refractivity (Wildman–Crippen MR) is 83.0 cm³/mol. The Morgan fingerprint density at radius 1 is 1.30 bits per heavy atom. The summed E-state index contributed by atoms with van der Waals surface area (Å²) in [5, 5.41) is 9.15. The second-order valence-corrected chi connectivity index (χ2v) is 5.70. The van der Waals surface area contributed by atoms with Gasteiger partial charge in [-0.1, -0.05) is 12.1 Å². The van der Waals surface area contributed by atoms with Crippen molar-refractivity contribution in [2.75, 3.05) is 13.1 Å². The number of hydrogen-bond donors (Lipinski definition) is 2. The lowest BCUT2D eigenvalue weighted by atomic mass is 10.0. The molecule has 120 valence electrons. The minimum Gasteiger partial charge on any atom is -0.480 e. The van der Waals surface area contributed by atoms with Crippen molar-refractivity contribution in [1.29, 1.82) is 0 Å². The fraction of sp³-hybridized carbons (Fsp3) is 0.312. The van der Waals surface area contributed by atoms with Gasteiger partial charge in [0, 0.05) is 32.0 Å². The van der Waals surface area contributed by atoms with Crippen LogP contribution in [0.15, 0.2) is 42.7 Å². The van der Waals surface area contributed by atoms with Crippen molar-refractivity contribution in [3.63, 3.8) is 0 Å². The first-order valence-corrected chi connectivity index (χ1v) is 7.34. The van der Waals surface area contributed by atoms with E-state index in [0.29, 0.717) is 37.8 Å². The highest BCUT2D eigenvalue weighted by Crippen LogP contribution is 2.23. The Morgan fingerprint density at radius 3 is 2.61 bits per heavy atom. The van der Waals surface area contributed by atoms with Crippen molar-refractivity contribution in [3.05, 3.63) is 48.3 Å². The van der Waals surface area contributed by atoms with Crippen LogP contribution in [0.5, 0.6) is 11.8 Å². The third-order valence-electron chi connectivity index (χ3n) is 3.89. The highest BCUT2D eigenvalue weighted by atomic mass is 16.5. The number of aromatic nitrogens is 2. The lowest BCUT2D eigenvalue weighted by Crippen LogP contribution is -2.50. The second kappa shape index (κ2) is 6.31. The molecule has 1 fully saturated rings. The van der Waals surface area contributed by atoms with Crippen LogP contribution in [0.4, 0.5) is 0 Å². The molecule has 1 atom stereocenters. The molecule has 1 saturated heterocycles. The molecule has 7 heteroatoms. The van der Waals surface area contributed by atoms with E-state index < -0.39 is 11.5 Å². The Labute approximate surface area is 133 Å². The van der Waals surface area contributed by atoms with E-state index in [4.69, 9.17) is 15.6 Å². The highest BCUT2D eigenvalue weighted by molar-refractivity contribution is 5.79. The van der Waals surface area contributed by atoms with Crippen LogP contribution in [0.2, 0.25) is 0 Å². The summed E-state index contributed by atoms with van der Waals surface area (Å²) in [4.78, 5) is 21.2. The van der Waals surface area contributed by atoms with Crippen LogP contribution >= 0.6 is 0 Å². The van der Waals surface area contributed by atoms with Crippen molar-refractivity contribution in [3.8, 4) is 11.8 Å². The quantitative estimate of drug-likeness (QED) is 0.856. The number of likely N-dealkylation sites (tertiary alicyclic amines) is 1. The standard InChI is InChI=1S/C16H18N4O3/c17-16(14(21)22)6-9-20(11-16)10-12-2-4-13(5-3-12)23-15-18-7-1-8-19-15/h1-5,7-8H,6,9-11,17H2,(H,21,22)/t16-/m1/s1. The molecule has 1 aliphatic heterocycles. The Morgan fingerprint density at radius 2 is 2.00 bits per heavy atom. The van der Waals surface area contributed by atoms with Gasteiger partial charge in [-0.25, -0.2) is 9.97 Å². The van der Waals surface area contributed by atoms with E-state index in [1.807, 2.05) is 29.2 Å². The third kappa shape index (κ3) is 3.64. The van der Waals surface area contributed by atoms with Crippen LogP contribution in [-0.4, -0.2) is 44.6 Å². The van der Waals surface area contributed by atoms with E-state index in [1.165, 1.54) is 0 Å². The Kier molecular flexibility index (Phi) is 4.22. The van der Waals surface area contributed by atoms with E-state index in [-0.39, 0.29) is 0 Å². The Hall–Kier alpha value is -2.51. The fourth-order valence-corrected chi connectivity index (χ4v) is 2.59. The largest absolute Gasteiger partial charge is 0.480 e. The monoisotopic (exact) mass is 314 g/mol. The number of carboxylic acids is 1. The van der Waals surface area contributed by atoms with Crippen LogP contribution < -0.4 is 10.5 Å². The zero-order chi connectivity index (χ0) is 16.3. The lowest BCUT2D eigenvalue weighted by Gasteiger charge is -2.20. The average Bonchev–Trinajstić information content (AvgIpc) is 2.93. The SMILES string of the molecule is N[C@]1(C(=O)O)CCN(Cc2ccc(Oc3ncccn3)cc2)C1. The number of hydrogen-bond acceptors (Lipinski definition) is 6. The summed E-state index contributed by atoms with van der Waals surface area (Å²) in [6.07, 6.45) is 3.70. The number of nitrogens with two attached hydrogens (primary N) is 1. The van der Waals surface area contributed by atoms with Gasteiger partial charge in [0.2, 0.25) is 0 Å². The van der Waals surface area contributed by atoms with Crippen LogP contribution in [0.3, 0.4) is 0 Å². The van der Waals surface area contributed by atoms with Crippen LogP contribution in [-0.2, 0) is 11.3 Å². The molecule has 1 aromatic heterocycles. The zero-order valence-electron chi connectivity index (χ0n) is 12.6. The van der Waals surface area contributed by atoms with Gasteiger partial charge in [-0.05, 0) is 30.2 Å². The molecule has 0 aliphatic carbocycles. The van der Waals surface area contributed by atoms with Crippen molar-refractivity contribution < 1.29 is 14.6 Å². The summed E-state index contributed by atoms with van der Waals surface area (Å²) < 4.78 is 5.53. The highest BCUT2D eigenvalue weighted by Gasteiger charge is 2.40. The normalized spacial score (nSPS) is 21.3. The number of rotatable bonds is 5. The summed E-state index contributed by atoms with van der Waals surface area (Å²) in [5.74, 6) is -0.285. The molecule has 3 rings (SSSR count). The van der Waals surface area contributed by atoms with Gasteiger partial charge in [0.1, 0.15) is 11.3 Å². The van der Waals surface area contributed by atoms with Crippen LogP contribution in [0.1, 0.15) is 12.0 Å². The van der Waals surface area contributed by atoms with Crippen molar-refractivity contribution >= 4 is 5.97 Å². The van der Waals surface area contributed by atoms with E-state index in [1.54, 1.807) is 18.5 Å². The molecule has 0 radical (unpaired) electrons. The number of carbonyl (C=O) groups is 1. The van der Waals surface area contributed by atoms with Crippen molar-refractivity contribution in [2.45, 2.75) is 18.5 Å². The third-order valence-corrected chi connectivity index (χ3v) is 3.89. The number of benzene rings is 1.